The number of fused-ring (bicyclic) bond motifs is 1. The normalized spacial score (nSPS) is 20.6. The van der Waals surface area contributed by atoms with Gasteiger partial charge in [0.1, 0.15) is 0 Å². The van der Waals surface area contributed by atoms with Crippen molar-refractivity contribution in [3.05, 3.63) is 70.8 Å². The van der Waals surface area contributed by atoms with Crippen molar-refractivity contribution in [3.63, 3.8) is 0 Å². The van der Waals surface area contributed by atoms with E-state index in [9.17, 15) is 0 Å². The molecule has 0 spiro atoms. The Morgan fingerprint density at radius 3 is 2.73 bits per heavy atom. The predicted molar refractivity (Wildman–Crippen MR) is 96.6 cm³/mol. The van der Waals surface area contributed by atoms with E-state index in [0.29, 0.717) is 12.0 Å². The molecule has 2 aromatic carbocycles. The first-order chi connectivity index (χ1) is 10.8. The Morgan fingerprint density at radius 2 is 1.95 bits per heavy atom. The third kappa shape index (κ3) is 3.41. The van der Waals surface area contributed by atoms with Crippen molar-refractivity contribution < 1.29 is 1.43 Å². The summed E-state index contributed by atoms with van der Waals surface area (Å²) < 4.78 is 0. The largest absolute Gasteiger partial charge is 0.313 e. The first-order valence-electron chi connectivity index (χ1n) is 8.64. The molecule has 0 heterocycles. The molecule has 0 radical (unpaired) electrons. The molecule has 3 rings (SSSR count). The number of hydrogen-bond donors (Lipinski definition) is 1. The highest BCUT2D eigenvalue weighted by Crippen LogP contribution is 2.35. The van der Waals surface area contributed by atoms with Crippen LogP contribution in [-0.2, 0) is 12.8 Å². The van der Waals surface area contributed by atoms with Crippen LogP contribution in [0.2, 0.25) is 0 Å². The van der Waals surface area contributed by atoms with Crippen LogP contribution in [0.3, 0.4) is 0 Å². The van der Waals surface area contributed by atoms with Gasteiger partial charge in [-0.15, -0.1) is 0 Å². The van der Waals surface area contributed by atoms with Crippen molar-refractivity contribution in [2.75, 3.05) is 6.54 Å². The van der Waals surface area contributed by atoms with Gasteiger partial charge >= 0.3 is 0 Å². The lowest BCUT2D eigenvalue weighted by Gasteiger charge is -2.35. The van der Waals surface area contributed by atoms with Crippen molar-refractivity contribution in [1.29, 1.82) is 0 Å². The van der Waals surface area contributed by atoms with Crippen molar-refractivity contribution in [1.82, 2.24) is 5.32 Å². The van der Waals surface area contributed by atoms with E-state index >= 15 is 0 Å². The maximum atomic E-state index is 3.80. The Balaban J connectivity index is 0.00000192. The van der Waals surface area contributed by atoms with Gasteiger partial charge in [0.05, 0.1) is 0 Å². The van der Waals surface area contributed by atoms with Crippen LogP contribution in [0, 0.1) is 6.92 Å². The maximum Gasteiger partial charge on any atom is 0.0142 e. The number of nitrogens with one attached hydrogen (secondary N) is 1. The van der Waals surface area contributed by atoms with Gasteiger partial charge in [-0.1, -0.05) is 61.0 Å². The Labute approximate surface area is 136 Å². The van der Waals surface area contributed by atoms with Gasteiger partial charge in [0.15, 0.2) is 0 Å². The molecule has 2 unspecified atom stereocenters. The number of benzene rings is 2. The number of aryl methyl sites for hydroxylation is 2. The minimum absolute atomic E-state index is 0. The molecule has 2 atom stereocenters. The van der Waals surface area contributed by atoms with Gasteiger partial charge in [0.2, 0.25) is 0 Å². The Hall–Kier alpha value is -1.60. The fourth-order valence-electron chi connectivity index (χ4n) is 3.74. The zero-order valence-corrected chi connectivity index (χ0v) is 13.8. The fourth-order valence-corrected chi connectivity index (χ4v) is 3.74. The molecule has 0 fully saturated rings. The Bertz CT molecular complexity index is 608. The topological polar surface area (TPSA) is 12.0 Å². The van der Waals surface area contributed by atoms with Gasteiger partial charge in [0.25, 0.3) is 0 Å². The molecule has 1 nitrogen and oxygen atoms in total. The van der Waals surface area contributed by atoms with Crippen molar-refractivity contribution >= 4 is 0 Å². The van der Waals surface area contributed by atoms with Crippen LogP contribution in [0.1, 0.15) is 49.4 Å². The highest BCUT2D eigenvalue weighted by atomic mass is 14.9. The van der Waals surface area contributed by atoms with Crippen LogP contribution in [0.25, 0.3) is 0 Å². The van der Waals surface area contributed by atoms with Gasteiger partial charge in [-0.2, -0.15) is 0 Å². The van der Waals surface area contributed by atoms with Crippen molar-refractivity contribution in [2.24, 2.45) is 0 Å². The van der Waals surface area contributed by atoms with E-state index in [1.165, 1.54) is 30.4 Å². The first kappa shape index (κ1) is 15.3. The van der Waals surface area contributed by atoms with E-state index in [-0.39, 0.29) is 1.43 Å². The summed E-state index contributed by atoms with van der Waals surface area (Å²) in [6, 6.07) is 18.6. The third-order valence-corrected chi connectivity index (χ3v) is 4.86. The molecular formula is C21H29N. The van der Waals surface area contributed by atoms with E-state index in [4.69, 9.17) is 0 Å². The summed E-state index contributed by atoms with van der Waals surface area (Å²) in [5.74, 6) is 0.596. The van der Waals surface area contributed by atoms with Gasteiger partial charge in [-0.05, 0) is 55.8 Å². The number of rotatable bonds is 5. The minimum atomic E-state index is 0. The summed E-state index contributed by atoms with van der Waals surface area (Å²) in [5.41, 5.74) is 5.96. The first-order valence-corrected chi connectivity index (χ1v) is 8.64. The van der Waals surface area contributed by atoms with Crippen LogP contribution < -0.4 is 5.32 Å². The van der Waals surface area contributed by atoms with E-state index in [1.807, 2.05) is 0 Å². The Kier molecular flexibility index (Phi) is 4.94. The predicted octanol–water partition coefficient (Wildman–Crippen LogP) is 4.88. The van der Waals surface area contributed by atoms with Gasteiger partial charge < -0.3 is 5.32 Å². The van der Waals surface area contributed by atoms with Gasteiger partial charge in [-0.3, -0.25) is 0 Å². The molecule has 2 aromatic rings. The zero-order chi connectivity index (χ0) is 15.4. The highest BCUT2D eigenvalue weighted by Gasteiger charge is 2.29. The molecule has 1 aliphatic carbocycles. The molecule has 1 aliphatic rings. The van der Waals surface area contributed by atoms with Crippen LogP contribution >= 0.6 is 0 Å². The third-order valence-electron chi connectivity index (χ3n) is 4.86. The minimum Gasteiger partial charge on any atom is -0.313 e. The summed E-state index contributed by atoms with van der Waals surface area (Å²) in [6.07, 6.45) is 4.81. The molecule has 118 valence electrons. The number of hydrogen-bond acceptors (Lipinski definition) is 1. The molecule has 0 saturated heterocycles. The standard InChI is InChI=1S/C21H27N.H2/c1-3-13-22-21-12-10-18-14-16(2)9-11-19(18)20(21)15-17-7-5-4-6-8-17;/h4-9,11,14,20-22H,3,10,12-13,15H2,1-2H3;1H. The average Bonchev–Trinajstić information content (AvgIpc) is 2.55. The highest BCUT2D eigenvalue weighted by molar-refractivity contribution is 5.38. The molecule has 0 amide bonds. The van der Waals surface area contributed by atoms with Gasteiger partial charge in [0, 0.05) is 13.4 Å². The van der Waals surface area contributed by atoms with E-state index in [0.717, 1.165) is 13.0 Å². The van der Waals surface area contributed by atoms with Gasteiger partial charge in [-0.25, -0.2) is 0 Å². The summed E-state index contributed by atoms with van der Waals surface area (Å²) in [7, 11) is 0. The molecule has 22 heavy (non-hydrogen) atoms. The van der Waals surface area contributed by atoms with Crippen LogP contribution in [0.5, 0.6) is 0 Å². The van der Waals surface area contributed by atoms with Crippen molar-refractivity contribution in [2.45, 2.75) is 51.5 Å². The summed E-state index contributed by atoms with van der Waals surface area (Å²) in [6.45, 7) is 5.57. The Morgan fingerprint density at radius 1 is 1.14 bits per heavy atom. The summed E-state index contributed by atoms with van der Waals surface area (Å²) in [5, 5.41) is 3.80. The monoisotopic (exact) mass is 295 g/mol. The quantitative estimate of drug-likeness (QED) is 0.829. The van der Waals surface area contributed by atoms with Crippen LogP contribution in [-0.4, -0.2) is 12.6 Å². The van der Waals surface area contributed by atoms with Crippen LogP contribution in [0.4, 0.5) is 0 Å². The van der Waals surface area contributed by atoms with Crippen LogP contribution in [0.15, 0.2) is 48.5 Å². The zero-order valence-electron chi connectivity index (χ0n) is 13.8. The summed E-state index contributed by atoms with van der Waals surface area (Å²) >= 11 is 0. The smallest absolute Gasteiger partial charge is 0.0142 e. The second-order valence-electron chi connectivity index (χ2n) is 6.60. The average molecular weight is 295 g/mol. The van der Waals surface area contributed by atoms with E-state index in [2.05, 4.69) is 67.7 Å². The SMILES string of the molecule is CCCNC1CCc2cc(C)ccc2C1Cc1ccccc1.[HH]. The lowest BCUT2D eigenvalue weighted by atomic mass is 9.76. The molecule has 0 saturated carbocycles. The fraction of sp³-hybridized carbons (Fsp3) is 0.429. The molecule has 0 aromatic heterocycles. The molecule has 1 N–H and O–H groups in total. The second kappa shape index (κ2) is 7.11. The van der Waals surface area contributed by atoms with E-state index < -0.39 is 0 Å². The molecule has 0 bridgehead atoms. The lowest BCUT2D eigenvalue weighted by Crippen LogP contribution is -2.39. The molecular weight excluding hydrogens is 266 g/mol. The molecule has 0 aliphatic heterocycles. The maximum absolute atomic E-state index is 3.80. The summed E-state index contributed by atoms with van der Waals surface area (Å²) in [4.78, 5) is 0. The van der Waals surface area contributed by atoms with Crippen molar-refractivity contribution in [3.8, 4) is 0 Å². The second-order valence-corrected chi connectivity index (χ2v) is 6.60. The molecule has 1 heteroatoms. The lowest BCUT2D eigenvalue weighted by molar-refractivity contribution is 0.385. The van der Waals surface area contributed by atoms with E-state index in [1.54, 1.807) is 11.1 Å².